The average Bonchev–Trinajstić information content (AvgIpc) is 2.88. The largest absolute Gasteiger partial charge is 0.447 e. The maximum atomic E-state index is 12.2. The van der Waals surface area contributed by atoms with Crippen molar-refractivity contribution in [1.29, 1.82) is 0 Å². The highest BCUT2D eigenvalue weighted by Gasteiger charge is 2.26. The number of hydrogen-bond acceptors (Lipinski definition) is 5. The molecule has 2 heterocycles. The van der Waals surface area contributed by atoms with Gasteiger partial charge in [-0.3, -0.25) is 4.21 Å². The molecule has 0 atom stereocenters. The van der Waals surface area contributed by atoms with E-state index in [1.54, 1.807) is 6.07 Å². The van der Waals surface area contributed by atoms with E-state index in [9.17, 15) is 12.6 Å². The van der Waals surface area contributed by atoms with E-state index in [0.29, 0.717) is 36.7 Å². The fraction of sp³-hybridized carbons (Fsp3) is 0.667. The van der Waals surface area contributed by atoms with Crippen molar-refractivity contribution in [3.8, 4) is 0 Å². The normalized spacial score (nSPS) is 23.9. The number of sulfonamides is 1. The van der Waals surface area contributed by atoms with Crippen molar-refractivity contribution in [3.05, 3.63) is 17.9 Å². The Kier molecular flexibility index (Phi) is 5.36. The van der Waals surface area contributed by atoms with Crippen LogP contribution in [-0.2, 0) is 27.4 Å². The van der Waals surface area contributed by atoms with Crippen LogP contribution in [0.2, 0.25) is 0 Å². The smallest absolute Gasteiger partial charge is 0.274 e. The first-order valence-corrected chi connectivity index (χ1v) is 9.65. The van der Waals surface area contributed by atoms with Gasteiger partial charge in [0.15, 0.2) is 0 Å². The molecule has 0 aliphatic carbocycles. The van der Waals surface area contributed by atoms with Crippen molar-refractivity contribution in [2.45, 2.75) is 37.4 Å². The highest BCUT2D eigenvalue weighted by Crippen LogP contribution is 2.17. The summed E-state index contributed by atoms with van der Waals surface area (Å²) in [4.78, 5) is 0. The van der Waals surface area contributed by atoms with Crippen LogP contribution in [0.1, 0.15) is 25.5 Å². The van der Waals surface area contributed by atoms with Crippen LogP contribution in [0, 0.1) is 0 Å². The van der Waals surface area contributed by atoms with Gasteiger partial charge in [-0.25, -0.2) is 13.1 Å². The van der Waals surface area contributed by atoms with Crippen LogP contribution in [0.25, 0.3) is 0 Å². The maximum absolute atomic E-state index is 12.2. The summed E-state index contributed by atoms with van der Waals surface area (Å²) < 4.78 is 43.6. The fourth-order valence-electron chi connectivity index (χ4n) is 2.04. The first-order chi connectivity index (χ1) is 9.51. The van der Waals surface area contributed by atoms with E-state index < -0.39 is 20.8 Å². The zero-order valence-corrected chi connectivity index (χ0v) is 13.1. The predicted octanol–water partition coefficient (Wildman–Crippen LogP) is 0.578. The molecule has 2 rings (SSSR count). The molecule has 1 aromatic heterocycles. The summed E-state index contributed by atoms with van der Waals surface area (Å²) in [6.07, 6.45) is 1.22. The van der Waals surface area contributed by atoms with E-state index in [0.717, 1.165) is 6.54 Å². The van der Waals surface area contributed by atoms with E-state index in [1.165, 1.54) is 6.07 Å². The second kappa shape index (κ2) is 6.84. The molecule has 0 unspecified atom stereocenters. The summed E-state index contributed by atoms with van der Waals surface area (Å²) in [5.41, 5.74) is 0. The maximum Gasteiger partial charge on any atom is 0.274 e. The molecule has 0 amide bonds. The molecule has 1 aliphatic heterocycles. The lowest BCUT2D eigenvalue weighted by atomic mass is 10.2. The summed E-state index contributed by atoms with van der Waals surface area (Å²) in [6.45, 7) is 3.27. The number of nitrogens with one attached hydrogen (secondary N) is 2. The lowest BCUT2D eigenvalue weighted by Crippen LogP contribution is -2.39. The molecule has 20 heavy (non-hydrogen) atoms. The molecule has 1 aromatic rings. The number of rotatable bonds is 6. The minimum Gasteiger partial charge on any atom is -0.447 e. The SMILES string of the molecule is CCNCc1ccc(S(=O)(=O)NC2CCS(=O)CC2)o1. The summed E-state index contributed by atoms with van der Waals surface area (Å²) in [5, 5.41) is 3.01. The molecular formula is C12H20N2O4S2. The Morgan fingerprint density at radius 1 is 1.35 bits per heavy atom. The fourth-order valence-corrected chi connectivity index (χ4v) is 4.59. The topological polar surface area (TPSA) is 88.4 Å². The average molecular weight is 320 g/mol. The first kappa shape index (κ1) is 15.7. The molecule has 1 aliphatic rings. The minimum absolute atomic E-state index is 0.0582. The van der Waals surface area contributed by atoms with E-state index in [1.807, 2.05) is 6.92 Å². The monoisotopic (exact) mass is 320 g/mol. The Morgan fingerprint density at radius 3 is 2.70 bits per heavy atom. The molecule has 0 aromatic carbocycles. The predicted molar refractivity (Wildman–Crippen MR) is 77.3 cm³/mol. The molecule has 6 nitrogen and oxygen atoms in total. The van der Waals surface area contributed by atoms with Gasteiger partial charge in [-0.15, -0.1) is 0 Å². The summed E-state index contributed by atoms with van der Waals surface area (Å²) in [7, 11) is -4.42. The van der Waals surface area contributed by atoms with Gasteiger partial charge in [0.2, 0.25) is 5.09 Å². The van der Waals surface area contributed by atoms with E-state index in [4.69, 9.17) is 4.42 Å². The molecule has 2 N–H and O–H groups in total. The van der Waals surface area contributed by atoms with Gasteiger partial charge in [-0.05, 0) is 31.5 Å². The Balaban J connectivity index is 1.99. The lowest BCUT2D eigenvalue weighted by molar-refractivity contribution is 0.398. The van der Waals surface area contributed by atoms with Crippen LogP contribution in [0.15, 0.2) is 21.6 Å². The van der Waals surface area contributed by atoms with Crippen molar-refractivity contribution in [1.82, 2.24) is 10.0 Å². The molecule has 0 spiro atoms. The molecule has 0 radical (unpaired) electrons. The molecule has 0 saturated carbocycles. The van der Waals surface area contributed by atoms with Gasteiger partial charge in [0.05, 0.1) is 6.54 Å². The second-order valence-electron chi connectivity index (χ2n) is 4.74. The first-order valence-electron chi connectivity index (χ1n) is 6.68. The highest BCUT2D eigenvalue weighted by molar-refractivity contribution is 7.89. The van der Waals surface area contributed by atoms with E-state index >= 15 is 0 Å². The van der Waals surface area contributed by atoms with Gasteiger partial charge in [0, 0.05) is 28.3 Å². The number of furan rings is 1. The van der Waals surface area contributed by atoms with Crippen molar-refractivity contribution in [2.24, 2.45) is 0 Å². The van der Waals surface area contributed by atoms with Crippen LogP contribution >= 0.6 is 0 Å². The molecule has 1 fully saturated rings. The Labute approximate surface area is 121 Å². The van der Waals surface area contributed by atoms with Gasteiger partial charge in [0.1, 0.15) is 5.76 Å². The molecule has 1 saturated heterocycles. The minimum atomic E-state index is -3.62. The molecule has 8 heteroatoms. The zero-order valence-electron chi connectivity index (χ0n) is 11.4. The second-order valence-corrected chi connectivity index (χ2v) is 8.09. The van der Waals surface area contributed by atoms with Crippen LogP contribution in [0.5, 0.6) is 0 Å². The zero-order chi connectivity index (χ0) is 14.6. The van der Waals surface area contributed by atoms with Crippen molar-refractivity contribution < 1.29 is 17.0 Å². The van der Waals surface area contributed by atoms with Crippen LogP contribution in [0.4, 0.5) is 0 Å². The van der Waals surface area contributed by atoms with Crippen molar-refractivity contribution in [2.75, 3.05) is 18.1 Å². The Morgan fingerprint density at radius 2 is 2.05 bits per heavy atom. The van der Waals surface area contributed by atoms with Crippen molar-refractivity contribution in [3.63, 3.8) is 0 Å². The van der Waals surface area contributed by atoms with Gasteiger partial charge in [-0.1, -0.05) is 6.92 Å². The van der Waals surface area contributed by atoms with Gasteiger partial charge >= 0.3 is 0 Å². The summed E-state index contributed by atoms with van der Waals surface area (Å²) >= 11 is 0. The highest BCUT2D eigenvalue weighted by atomic mass is 32.2. The molecule has 0 bridgehead atoms. The Bertz CT molecular complexity index is 558. The summed E-state index contributed by atoms with van der Waals surface area (Å²) in [5.74, 6) is 1.70. The third-order valence-corrected chi connectivity index (χ3v) is 5.94. The summed E-state index contributed by atoms with van der Waals surface area (Å²) in [6, 6.07) is 2.98. The third kappa shape index (κ3) is 4.15. The van der Waals surface area contributed by atoms with Crippen LogP contribution in [0.3, 0.4) is 0 Å². The molecular weight excluding hydrogens is 300 g/mol. The van der Waals surface area contributed by atoms with Gasteiger partial charge < -0.3 is 9.73 Å². The standard InChI is InChI=1S/C12H20N2O4S2/c1-2-13-9-11-3-4-12(18-11)20(16,17)14-10-5-7-19(15)8-6-10/h3-4,10,13-14H,2,5-9H2,1H3. The lowest BCUT2D eigenvalue weighted by Gasteiger charge is -2.21. The van der Waals surface area contributed by atoms with Crippen LogP contribution in [-0.4, -0.2) is 36.7 Å². The third-order valence-electron chi connectivity index (χ3n) is 3.16. The van der Waals surface area contributed by atoms with Gasteiger partial charge in [0.25, 0.3) is 10.0 Å². The molecule has 114 valence electrons. The van der Waals surface area contributed by atoms with E-state index in [-0.39, 0.29) is 11.1 Å². The Hall–Kier alpha value is -0.700. The van der Waals surface area contributed by atoms with Crippen LogP contribution < -0.4 is 10.0 Å². The van der Waals surface area contributed by atoms with Crippen molar-refractivity contribution >= 4 is 20.8 Å². The number of hydrogen-bond donors (Lipinski definition) is 2. The van der Waals surface area contributed by atoms with E-state index in [2.05, 4.69) is 10.0 Å². The van der Waals surface area contributed by atoms with Gasteiger partial charge in [-0.2, -0.15) is 0 Å². The quantitative estimate of drug-likeness (QED) is 0.800.